The first-order valence-corrected chi connectivity index (χ1v) is 8.17. The fraction of sp³-hybridized carbons (Fsp3) is 0.556. The zero-order valence-electron chi connectivity index (χ0n) is 13.4. The molecule has 1 saturated heterocycles. The number of fused-ring (bicyclic) bond motifs is 1. The van der Waals surface area contributed by atoms with Crippen molar-refractivity contribution in [1.29, 1.82) is 0 Å². The van der Waals surface area contributed by atoms with Crippen molar-refractivity contribution in [3.05, 3.63) is 34.9 Å². The summed E-state index contributed by atoms with van der Waals surface area (Å²) in [7, 11) is 0. The van der Waals surface area contributed by atoms with Crippen LogP contribution in [0.25, 0.3) is 0 Å². The summed E-state index contributed by atoms with van der Waals surface area (Å²) in [6, 6.07) is 6.52. The molecule has 2 amide bonds. The first kappa shape index (κ1) is 15.1. The van der Waals surface area contributed by atoms with Crippen LogP contribution in [0.1, 0.15) is 55.8 Å². The van der Waals surface area contributed by atoms with Crippen LogP contribution in [-0.4, -0.2) is 18.4 Å². The van der Waals surface area contributed by atoms with Gasteiger partial charge in [0, 0.05) is 13.0 Å². The van der Waals surface area contributed by atoms with Crippen molar-refractivity contribution in [3.63, 3.8) is 0 Å². The van der Waals surface area contributed by atoms with Crippen molar-refractivity contribution in [2.75, 3.05) is 6.54 Å². The van der Waals surface area contributed by atoms with E-state index in [1.807, 2.05) is 13.8 Å². The predicted octanol–water partition coefficient (Wildman–Crippen LogP) is 2.27. The predicted molar refractivity (Wildman–Crippen MR) is 85.4 cm³/mol. The Morgan fingerprint density at radius 1 is 1.27 bits per heavy atom. The Labute approximate surface area is 131 Å². The van der Waals surface area contributed by atoms with Crippen LogP contribution in [0.3, 0.4) is 0 Å². The minimum absolute atomic E-state index is 0.0350. The SMILES string of the molecule is CC(NC(=O)C1(C)CNC(=O)C1)c1ccc2c(c1)CCCC2. The molecule has 1 aliphatic heterocycles. The van der Waals surface area contributed by atoms with Crippen molar-refractivity contribution in [2.24, 2.45) is 5.41 Å². The molecule has 1 heterocycles. The van der Waals surface area contributed by atoms with Gasteiger partial charge in [-0.15, -0.1) is 0 Å². The second kappa shape index (κ2) is 5.75. The fourth-order valence-corrected chi connectivity index (χ4v) is 3.41. The van der Waals surface area contributed by atoms with Crippen molar-refractivity contribution in [1.82, 2.24) is 10.6 Å². The molecule has 2 aliphatic rings. The van der Waals surface area contributed by atoms with Gasteiger partial charge in [0.05, 0.1) is 11.5 Å². The minimum atomic E-state index is -0.625. The van der Waals surface area contributed by atoms with Crippen molar-refractivity contribution in [3.8, 4) is 0 Å². The van der Waals surface area contributed by atoms with Gasteiger partial charge in [0.25, 0.3) is 0 Å². The molecule has 0 aromatic heterocycles. The number of hydrogen-bond donors (Lipinski definition) is 2. The number of aryl methyl sites for hydroxylation is 2. The molecule has 0 saturated carbocycles. The van der Waals surface area contributed by atoms with Crippen LogP contribution >= 0.6 is 0 Å². The van der Waals surface area contributed by atoms with Crippen LogP contribution in [0.4, 0.5) is 0 Å². The molecule has 1 fully saturated rings. The van der Waals surface area contributed by atoms with Gasteiger partial charge in [-0.3, -0.25) is 9.59 Å². The number of nitrogens with one attached hydrogen (secondary N) is 2. The lowest BCUT2D eigenvalue weighted by molar-refractivity contribution is -0.131. The molecule has 1 aromatic rings. The van der Waals surface area contributed by atoms with Gasteiger partial charge in [-0.05, 0) is 56.2 Å². The molecule has 3 rings (SSSR count). The molecule has 2 unspecified atom stereocenters. The molecule has 4 nitrogen and oxygen atoms in total. The van der Waals surface area contributed by atoms with Crippen LogP contribution < -0.4 is 10.6 Å². The normalized spacial score (nSPS) is 25.3. The van der Waals surface area contributed by atoms with Crippen LogP contribution in [0.5, 0.6) is 0 Å². The maximum absolute atomic E-state index is 12.5. The second-order valence-electron chi connectivity index (χ2n) is 6.94. The summed E-state index contributed by atoms with van der Waals surface area (Å²) in [4.78, 5) is 23.9. The summed E-state index contributed by atoms with van der Waals surface area (Å²) in [5.41, 5.74) is 3.40. The molecule has 0 radical (unpaired) electrons. The molecule has 0 bridgehead atoms. The maximum Gasteiger partial charge on any atom is 0.228 e. The highest BCUT2D eigenvalue weighted by atomic mass is 16.2. The minimum Gasteiger partial charge on any atom is -0.355 e. The third-order valence-electron chi connectivity index (χ3n) is 4.99. The van der Waals surface area contributed by atoms with Gasteiger partial charge < -0.3 is 10.6 Å². The molecule has 2 N–H and O–H groups in total. The molecule has 118 valence electrons. The lowest BCUT2D eigenvalue weighted by Crippen LogP contribution is -2.41. The second-order valence-corrected chi connectivity index (χ2v) is 6.94. The molecule has 1 aliphatic carbocycles. The van der Waals surface area contributed by atoms with E-state index in [0.29, 0.717) is 6.54 Å². The monoisotopic (exact) mass is 300 g/mol. The third kappa shape index (κ3) is 2.87. The van der Waals surface area contributed by atoms with Crippen LogP contribution in [0.2, 0.25) is 0 Å². The Bertz CT molecular complexity index is 611. The largest absolute Gasteiger partial charge is 0.355 e. The number of carbonyl (C=O) groups is 2. The van der Waals surface area contributed by atoms with E-state index < -0.39 is 5.41 Å². The number of amides is 2. The first-order chi connectivity index (χ1) is 10.5. The Morgan fingerprint density at radius 3 is 2.68 bits per heavy atom. The molecule has 1 aromatic carbocycles. The Balaban J connectivity index is 1.70. The Hall–Kier alpha value is -1.84. The molecular weight excluding hydrogens is 276 g/mol. The standard InChI is InChI=1S/C18H24N2O2/c1-12(20-17(22)18(2)10-16(21)19-11-18)14-8-7-13-5-3-4-6-15(13)9-14/h7-9,12H,3-6,10-11H2,1-2H3,(H,19,21)(H,20,22). The number of rotatable bonds is 3. The lowest BCUT2D eigenvalue weighted by atomic mass is 9.87. The van der Waals surface area contributed by atoms with E-state index in [9.17, 15) is 9.59 Å². The fourth-order valence-electron chi connectivity index (χ4n) is 3.41. The Morgan fingerprint density at radius 2 is 2.00 bits per heavy atom. The van der Waals surface area contributed by atoms with E-state index in [4.69, 9.17) is 0 Å². The van der Waals surface area contributed by atoms with E-state index in [2.05, 4.69) is 28.8 Å². The Kier molecular flexibility index (Phi) is 3.94. The number of benzene rings is 1. The van der Waals surface area contributed by atoms with E-state index in [-0.39, 0.29) is 24.3 Å². The summed E-state index contributed by atoms with van der Waals surface area (Å²) < 4.78 is 0. The van der Waals surface area contributed by atoms with Gasteiger partial charge in [-0.1, -0.05) is 18.2 Å². The van der Waals surface area contributed by atoms with Gasteiger partial charge in [0.2, 0.25) is 11.8 Å². The molecule has 4 heteroatoms. The quantitative estimate of drug-likeness (QED) is 0.899. The smallest absolute Gasteiger partial charge is 0.228 e. The van der Waals surface area contributed by atoms with E-state index in [1.165, 1.54) is 30.4 Å². The molecule has 0 spiro atoms. The van der Waals surface area contributed by atoms with Crippen molar-refractivity contribution >= 4 is 11.8 Å². The summed E-state index contributed by atoms with van der Waals surface area (Å²) in [6.07, 6.45) is 5.11. The van der Waals surface area contributed by atoms with Crippen LogP contribution in [-0.2, 0) is 22.4 Å². The van der Waals surface area contributed by atoms with Gasteiger partial charge in [0.1, 0.15) is 0 Å². The van der Waals surface area contributed by atoms with E-state index in [0.717, 1.165) is 12.0 Å². The van der Waals surface area contributed by atoms with E-state index >= 15 is 0 Å². The van der Waals surface area contributed by atoms with Crippen molar-refractivity contribution < 1.29 is 9.59 Å². The van der Waals surface area contributed by atoms with Gasteiger partial charge >= 0.3 is 0 Å². The molecular formula is C18H24N2O2. The summed E-state index contributed by atoms with van der Waals surface area (Å²) >= 11 is 0. The maximum atomic E-state index is 12.5. The zero-order chi connectivity index (χ0) is 15.7. The highest BCUT2D eigenvalue weighted by Crippen LogP contribution is 2.28. The average molecular weight is 300 g/mol. The van der Waals surface area contributed by atoms with E-state index in [1.54, 1.807) is 0 Å². The summed E-state index contributed by atoms with van der Waals surface area (Å²) in [6.45, 7) is 4.28. The molecule has 2 atom stereocenters. The summed E-state index contributed by atoms with van der Waals surface area (Å²) in [5, 5.41) is 5.82. The van der Waals surface area contributed by atoms with Crippen LogP contribution in [0.15, 0.2) is 18.2 Å². The molecule has 22 heavy (non-hydrogen) atoms. The first-order valence-electron chi connectivity index (χ1n) is 8.17. The topological polar surface area (TPSA) is 58.2 Å². The lowest BCUT2D eigenvalue weighted by Gasteiger charge is -2.25. The van der Waals surface area contributed by atoms with Crippen molar-refractivity contribution in [2.45, 2.75) is 52.0 Å². The third-order valence-corrected chi connectivity index (χ3v) is 4.99. The highest BCUT2D eigenvalue weighted by Gasteiger charge is 2.41. The van der Waals surface area contributed by atoms with Crippen LogP contribution in [0, 0.1) is 5.41 Å². The number of carbonyl (C=O) groups excluding carboxylic acids is 2. The number of hydrogen-bond acceptors (Lipinski definition) is 2. The van der Waals surface area contributed by atoms with Gasteiger partial charge in [-0.25, -0.2) is 0 Å². The van der Waals surface area contributed by atoms with Gasteiger partial charge in [-0.2, -0.15) is 0 Å². The average Bonchev–Trinajstić information content (AvgIpc) is 2.87. The summed E-state index contributed by atoms with van der Waals surface area (Å²) in [5.74, 6) is -0.0878. The van der Waals surface area contributed by atoms with Gasteiger partial charge in [0.15, 0.2) is 0 Å². The highest BCUT2D eigenvalue weighted by molar-refractivity contribution is 5.92. The zero-order valence-corrected chi connectivity index (χ0v) is 13.4.